The van der Waals surface area contributed by atoms with Crippen LogP contribution in [0.4, 0.5) is 18.9 Å². The zero-order valence-corrected chi connectivity index (χ0v) is 19.7. The van der Waals surface area contributed by atoms with Gasteiger partial charge in [0.05, 0.1) is 27.8 Å². The first-order valence-electron chi connectivity index (χ1n) is 10.6. The predicted octanol–water partition coefficient (Wildman–Crippen LogP) is 6.21. The molecule has 0 spiro atoms. The highest BCUT2D eigenvalue weighted by Gasteiger charge is 2.64. The van der Waals surface area contributed by atoms with Crippen LogP contribution in [0, 0.1) is 25.2 Å². The van der Waals surface area contributed by atoms with Crippen LogP contribution >= 0.6 is 11.6 Å². The molecule has 0 saturated carbocycles. The van der Waals surface area contributed by atoms with E-state index in [1.165, 1.54) is 32.9 Å². The Morgan fingerprint density at radius 3 is 2.50 bits per heavy atom. The predicted molar refractivity (Wildman–Crippen MR) is 124 cm³/mol. The first kappa shape index (κ1) is 24.1. The Morgan fingerprint density at radius 1 is 1.21 bits per heavy atom. The van der Waals surface area contributed by atoms with E-state index < -0.39 is 29.7 Å². The molecule has 34 heavy (non-hydrogen) atoms. The summed E-state index contributed by atoms with van der Waals surface area (Å²) in [7, 11) is 0. The lowest BCUT2D eigenvalue weighted by Gasteiger charge is -2.49. The molecule has 0 saturated heterocycles. The molecule has 5 nitrogen and oxygen atoms in total. The summed E-state index contributed by atoms with van der Waals surface area (Å²) in [6.45, 7) is 6.34. The van der Waals surface area contributed by atoms with E-state index in [4.69, 9.17) is 11.6 Å². The number of alkyl halides is 3. The van der Waals surface area contributed by atoms with Crippen molar-refractivity contribution in [2.24, 2.45) is 0 Å². The Labute approximate surface area is 199 Å². The van der Waals surface area contributed by atoms with E-state index in [-0.39, 0.29) is 33.1 Å². The zero-order chi connectivity index (χ0) is 25.2. The summed E-state index contributed by atoms with van der Waals surface area (Å²) in [4.78, 5) is 4.41. The van der Waals surface area contributed by atoms with Gasteiger partial charge in [-0.2, -0.15) is 18.4 Å². The average Bonchev–Trinajstić information content (AvgIpc) is 2.70. The van der Waals surface area contributed by atoms with Crippen molar-refractivity contribution in [3.63, 3.8) is 0 Å². The first-order chi connectivity index (χ1) is 15.7. The van der Waals surface area contributed by atoms with Crippen LogP contribution in [0.3, 0.4) is 0 Å². The second-order valence-corrected chi connectivity index (χ2v) is 9.90. The molecule has 1 aliphatic rings. The fourth-order valence-electron chi connectivity index (χ4n) is 5.06. The normalized spacial score (nSPS) is 21.7. The van der Waals surface area contributed by atoms with Gasteiger partial charge in [0.25, 0.3) is 0 Å². The Kier molecular flexibility index (Phi) is 5.50. The maximum absolute atomic E-state index is 14.5. The molecule has 1 aliphatic carbocycles. The number of aromatic nitrogens is 1. The van der Waals surface area contributed by atoms with Gasteiger partial charge in [-0.1, -0.05) is 31.5 Å². The van der Waals surface area contributed by atoms with Gasteiger partial charge in [-0.15, -0.1) is 0 Å². The number of aryl methyl sites for hydroxylation is 2. The highest BCUT2D eigenvalue weighted by molar-refractivity contribution is 6.34. The number of rotatable bonds is 2. The third kappa shape index (κ3) is 3.55. The summed E-state index contributed by atoms with van der Waals surface area (Å²) >= 11 is 6.42. The molecule has 178 valence electrons. The Morgan fingerprint density at radius 2 is 1.88 bits per heavy atom. The fourth-order valence-corrected chi connectivity index (χ4v) is 5.28. The van der Waals surface area contributed by atoms with Gasteiger partial charge in [0, 0.05) is 16.6 Å². The summed E-state index contributed by atoms with van der Waals surface area (Å²) in [6.07, 6.45) is -5.75. The quantitative estimate of drug-likeness (QED) is 0.398. The number of nitriles is 1. The number of anilines is 1. The number of aromatic hydroxyl groups is 1. The van der Waals surface area contributed by atoms with Gasteiger partial charge in [0.1, 0.15) is 11.8 Å². The molecule has 0 aliphatic heterocycles. The maximum atomic E-state index is 14.5. The van der Waals surface area contributed by atoms with Crippen LogP contribution in [0.2, 0.25) is 5.02 Å². The van der Waals surface area contributed by atoms with Crippen LogP contribution in [-0.4, -0.2) is 27.0 Å². The van der Waals surface area contributed by atoms with Gasteiger partial charge in [-0.05, 0) is 61.1 Å². The van der Waals surface area contributed by atoms with Crippen molar-refractivity contribution in [3.8, 4) is 11.8 Å². The van der Waals surface area contributed by atoms with Crippen molar-refractivity contribution in [3.05, 3.63) is 63.3 Å². The molecular weight excluding hydrogens is 467 g/mol. The lowest BCUT2D eigenvalue weighted by Crippen LogP contribution is -2.58. The number of nitrogens with one attached hydrogen (secondary N) is 1. The number of benzene rings is 2. The highest BCUT2D eigenvalue weighted by Crippen LogP contribution is 2.57. The molecule has 0 radical (unpaired) electrons. The summed E-state index contributed by atoms with van der Waals surface area (Å²) in [5, 5.41) is 35.2. The first-order valence-corrected chi connectivity index (χ1v) is 11.0. The number of pyridine rings is 1. The van der Waals surface area contributed by atoms with Gasteiger partial charge in [-0.25, -0.2) is 0 Å². The Bertz CT molecular complexity index is 1360. The Hall–Kier alpha value is -3.02. The second-order valence-electron chi connectivity index (χ2n) is 9.49. The minimum absolute atomic E-state index is 0.00843. The number of phenolic OH excluding ortho intramolecular Hbond substituents is 1. The molecule has 0 bridgehead atoms. The SMILES string of the molecule is Cc1ccc2c(NC3c4cc(C)c(C#N)c(O)c4C(C)(C)CC3(O)C(F)(F)F)c(Cl)ccc2n1. The number of halogens is 4. The van der Waals surface area contributed by atoms with Crippen LogP contribution < -0.4 is 5.32 Å². The van der Waals surface area contributed by atoms with Crippen molar-refractivity contribution >= 4 is 28.2 Å². The molecule has 1 heterocycles. The molecule has 2 unspecified atom stereocenters. The van der Waals surface area contributed by atoms with Crippen molar-refractivity contribution in [2.75, 3.05) is 5.32 Å². The van der Waals surface area contributed by atoms with E-state index >= 15 is 0 Å². The van der Waals surface area contributed by atoms with Gasteiger partial charge >= 0.3 is 6.18 Å². The molecule has 3 N–H and O–H groups in total. The van der Waals surface area contributed by atoms with Crippen LogP contribution in [0.25, 0.3) is 10.9 Å². The fraction of sp³-hybridized carbons (Fsp3) is 0.360. The van der Waals surface area contributed by atoms with Crippen LogP contribution in [0.5, 0.6) is 5.75 Å². The number of hydrogen-bond acceptors (Lipinski definition) is 5. The molecule has 0 amide bonds. The van der Waals surface area contributed by atoms with Crippen LogP contribution in [0.15, 0.2) is 30.3 Å². The number of nitrogens with zero attached hydrogens (tertiary/aromatic N) is 2. The van der Waals surface area contributed by atoms with Crippen LogP contribution in [-0.2, 0) is 5.41 Å². The average molecular weight is 490 g/mol. The molecule has 0 fully saturated rings. The molecular formula is C25H23ClF3N3O2. The lowest BCUT2D eigenvalue weighted by atomic mass is 9.62. The number of hydrogen-bond donors (Lipinski definition) is 3. The number of aliphatic hydroxyl groups is 1. The minimum Gasteiger partial charge on any atom is -0.506 e. The van der Waals surface area contributed by atoms with E-state index in [2.05, 4.69) is 10.3 Å². The molecule has 2 atom stereocenters. The molecule has 2 aromatic carbocycles. The lowest BCUT2D eigenvalue weighted by molar-refractivity contribution is -0.275. The topological polar surface area (TPSA) is 89.2 Å². The summed E-state index contributed by atoms with van der Waals surface area (Å²) in [5.74, 6) is -0.375. The molecule has 1 aromatic heterocycles. The third-order valence-corrected chi connectivity index (χ3v) is 6.87. The van der Waals surface area contributed by atoms with Crippen molar-refractivity contribution in [1.82, 2.24) is 4.98 Å². The summed E-state index contributed by atoms with van der Waals surface area (Å²) in [5.41, 5.74) is -2.52. The van der Waals surface area contributed by atoms with E-state index in [1.54, 1.807) is 25.1 Å². The highest BCUT2D eigenvalue weighted by atomic mass is 35.5. The second kappa shape index (κ2) is 7.76. The molecule has 3 aromatic rings. The van der Waals surface area contributed by atoms with Crippen molar-refractivity contribution in [1.29, 1.82) is 5.26 Å². The summed E-state index contributed by atoms with van der Waals surface area (Å²) in [6, 6.07) is 8.24. The van der Waals surface area contributed by atoms with E-state index in [0.29, 0.717) is 16.5 Å². The van der Waals surface area contributed by atoms with Crippen molar-refractivity contribution in [2.45, 2.75) is 57.3 Å². The van der Waals surface area contributed by atoms with E-state index in [1.807, 2.05) is 6.07 Å². The molecule has 4 rings (SSSR count). The smallest absolute Gasteiger partial charge is 0.419 e. The Balaban J connectivity index is 2.04. The molecule has 9 heteroatoms. The summed E-state index contributed by atoms with van der Waals surface area (Å²) < 4.78 is 43.4. The van der Waals surface area contributed by atoms with Crippen LogP contribution in [0.1, 0.15) is 54.3 Å². The standard InChI is InChI=1S/C25H23ClF3N3O2/c1-12-9-15-19(21(33)16(12)10-30)23(3,4)11-24(34,25(27,28)29)22(15)32-20-14-6-5-13(2)31-18(14)8-7-17(20)26/h5-9,22,32-34H,11H2,1-4H3. The largest absolute Gasteiger partial charge is 0.506 e. The van der Waals surface area contributed by atoms with Gasteiger partial charge in [-0.3, -0.25) is 4.98 Å². The third-order valence-electron chi connectivity index (χ3n) is 6.56. The minimum atomic E-state index is -5.01. The van der Waals surface area contributed by atoms with Gasteiger partial charge < -0.3 is 15.5 Å². The van der Waals surface area contributed by atoms with E-state index in [0.717, 1.165) is 5.69 Å². The number of phenols is 1. The monoisotopic (exact) mass is 489 g/mol. The van der Waals surface area contributed by atoms with Gasteiger partial charge in [0.2, 0.25) is 0 Å². The number of fused-ring (bicyclic) bond motifs is 2. The van der Waals surface area contributed by atoms with E-state index in [9.17, 15) is 28.6 Å². The maximum Gasteiger partial charge on any atom is 0.419 e. The van der Waals surface area contributed by atoms with Crippen molar-refractivity contribution < 1.29 is 23.4 Å². The van der Waals surface area contributed by atoms with Gasteiger partial charge in [0.15, 0.2) is 5.60 Å². The zero-order valence-electron chi connectivity index (χ0n) is 19.0.